The highest BCUT2D eigenvalue weighted by atomic mass is 32.2. The molecule has 9 heteroatoms. The SMILES string of the molecule is CCOc1ccc(NC(=O)CN2C(=O)S/C(=C\c3cccn3-c3ccc(N(C)C)cc3)C2=O)cc1. The highest BCUT2D eigenvalue weighted by molar-refractivity contribution is 8.18. The molecule has 2 heterocycles. The van der Waals surface area contributed by atoms with Gasteiger partial charge in [-0.2, -0.15) is 0 Å². The maximum absolute atomic E-state index is 12.9. The topological polar surface area (TPSA) is 83.9 Å². The van der Waals surface area contributed by atoms with Crippen LogP contribution in [-0.4, -0.2) is 53.8 Å². The van der Waals surface area contributed by atoms with Gasteiger partial charge in [0.25, 0.3) is 11.1 Å². The molecule has 35 heavy (non-hydrogen) atoms. The lowest BCUT2D eigenvalue weighted by Gasteiger charge is -2.14. The third-order valence-corrected chi connectivity index (χ3v) is 6.24. The minimum absolute atomic E-state index is 0.272. The molecule has 4 rings (SSSR count). The lowest BCUT2D eigenvalue weighted by molar-refractivity contribution is -0.127. The molecule has 1 aliphatic heterocycles. The van der Waals surface area contributed by atoms with E-state index in [9.17, 15) is 14.4 Å². The fourth-order valence-corrected chi connectivity index (χ4v) is 4.40. The van der Waals surface area contributed by atoms with Crippen LogP contribution in [0.1, 0.15) is 12.6 Å². The number of benzene rings is 2. The number of amides is 3. The number of nitrogens with one attached hydrogen (secondary N) is 1. The molecule has 0 bridgehead atoms. The van der Waals surface area contributed by atoms with Crippen molar-refractivity contribution in [3.63, 3.8) is 0 Å². The zero-order valence-electron chi connectivity index (χ0n) is 19.7. The van der Waals surface area contributed by atoms with E-state index >= 15 is 0 Å². The van der Waals surface area contributed by atoms with Gasteiger partial charge in [-0.05, 0) is 85.4 Å². The summed E-state index contributed by atoms with van der Waals surface area (Å²) in [6, 6.07) is 18.6. The van der Waals surface area contributed by atoms with Crippen LogP contribution in [0.3, 0.4) is 0 Å². The summed E-state index contributed by atoms with van der Waals surface area (Å²) in [5.41, 5.74) is 3.32. The number of carbonyl (C=O) groups excluding carboxylic acids is 3. The Morgan fingerprint density at radius 1 is 1.06 bits per heavy atom. The molecular weight excluding hydrogens is 464 g/mol. The fourth-order valence-electron chi connectivity index (χ4n) is 3.57. The molecule has 0 radical (unpaired) electrons. The minimum atomic E-state index is -0.488. The van der Waals surface area contributed by atoms with E-state index in [1.807, 2.05) is 73.1 Å². The number of hydrogen-bond donors (Lipinski definition) is 1. The first-order valence-corrected chi connectivity index (χ1v) is 11.9. The molecule has 1 aromatic heterocycles. The zero-order chi connectivity index (χ0) is 24.9. The van der Waals surface area contributed by atoms with Gasteiger partial charge in [-0.25, -0.2) is 0 Å². The lowest BCUT2D eigenvalue weighted by Crippen LogP contribution is -2.36. The van der Waals surface area contributed by atoms with Crippen molar-refractivity contribution in [1.29, 1.82) is 0 Å². The van der Waals surface area contributed by atoms with E-state index in [4.69, 9.17) is 4.74 Å². The van der Waals surface area contributed by atoms with Crippen LogP contribution >= 0.6 is 11.8 Å². The third-order valence-electron chi connectivity index (χ3n) is 5.33. The van der Waals surface area contributed by atoms with Crippen molar-refractivity contribution in [2.75, 3.05) is 37.5 Å². The minimum Gasteiger partial charge on any atom is -0.494 e. The van der Waals surface area contributed by atoms with Crippen molar-refractivity contribution in [2.24, 2.45) is 0 Å². The molecule has 0 unspecified atom stereocenters. The van der Waals surface area contributed by atoms with E-state index in [2.05, 4.69) is 5.32 Å². The monoisotopic (exact) mass is 490 g/mol. The van der Waals surface area contributed by atoms with Gasteiger partial charge in [0.05, 0.1) is 11.5 Å². The number of ether oxygens (including phenoxy) is 1. The van der Waals surface area contributed by atoms with Gasteiger partial charge in [-0.1, -0.05) is 0 Å². The van der Waals surface area contributed by atoms with E-state index in [0.717, 1.165) is 33.7 Å². The average Bonchev–Trinajstić information content (AvgIpc) is 3.40. The van der Waals surface area contributed by atoms with Crippen LogP contribution < -0.4 is 15.0 Å². The normalized spacial score (nSPS) is 14.5. The Balaban J connectivity index is 1.45. The molecule has 1 N–H and O–H groups in total. The van der Waals surface area contributed by atoms with Gasteiger partial charge < -0.3 is 19.5 Å². The van der Waals surface area contributed by atoms with Crippen molar-refractivity contribution < 1.29 is 19.1 Å². The molecule has 0 spiro atoms. The Labute approximate surface area is 208 Å². The number of aromatic nitrogens is 1. The van der Waals surface area contributed by atoms with Gasteiger partial charge in [0, 0.05) is 43.0 Å². The average molecular weight is 491 g/mol. The zero-order valence-corrected chi connectivity index (χ0v) is 20.5. The summed E-state index contributed by atoms with van der Waals surface area (Å²) in [5.74, 6) is -0.250. The van der Waals surface area contributed by atoms with Gasteiger partial charge in [-0.3, -0.25) is 19.3 Å². The fraction of sp³-hybridized carbons (Fsp3) is 0.192. The van der Waals surface area contributed by atoms with Crippen molar-refractivity contribution >= 4 is 46.3 Å². The van der Waals surface area contributed by atoms with Gasteiger partial charge in [0.1, 0.15) is 12.3 Å². The molecule has 0 aliphatic carbocycles. The number of nitrogens with zero attached hydrogens (tertiary/aromatic N) is 3. The van der Waals surface area contributed by atoms with Gasteiger partial charge in [0.2, 0.25) is 5.91 Å². The first-order valence-electron chi connectivity index (χ1n) is 11.1. The molecule has 8 nitrogen and oxygen atoms in total. The molecule has 0 saturated carbocycles. The predicted molar refractivity (Wildman–Crippen MR) is 139 cm³/mol. The van der Waals surface area contributed by atoms with Crippen molar-refractivity contribution in [2.45, 2.75) is 6.92 Å². The van der Waals surface area contributed by atoms with Crippen LogP contribution in [0.4, 0.5) is 16.2 Å². The van der Waals surface area contributed by atoms with Crippen LogP contribution in [-0.2, 0) is 9.59 Å². The quantitative estimate of drug-likeness (QED) is 0.464. The summed E-state index contributed by atoms with van der Waals surface area (Å²) in [6.07, 6.45) is 3.57. The van der Waals surface area contributed by atoms with E-state index < -0.39 is 17.1 Å². The number of carbonyl (C=O) groups is 3. The van der Waals surface area contributed by atoms with Gasteiger partial charge in [-0.15, -0.1) is 0 Å². The molecule has 180 valence electrons. The highest BCUT2D eigenvalue weighted by Gasteiger charge is 2.36. The summed E-state index contributed by atoms with van der Waals surface area (Å²) < 4.78 is 7.32. The van der Waals surface area contributed by atoms with Gasteiger partial charge >= 0.3 is 0 Å². The van der Waals surface area contributed by atoms with E-state index in [0.29, 0.717) is 18.0 Å². The van der Waals surface area contributed by atoms with E-state index in [-0.39, 0.29) is 11.4 Å². The maximum atomic E-state index is 12.9. The second-order valence-corrected chi connectivity index (χ2v) is 8.98. The van der Waals surface area contributed by atoms with E-state index in [1.165, 1.54) is 0 Å². The first-order chi connectivity index (χ1) is 16.9. The summed E-state index contributed by atoms with van der Waals surface area (Å²) in [6.45, 7) is 2.08. The van der Waals surface area contributed by atoms with E-state index in [1.54, 1.807) is 30.3 Å². The van der Waals surface area contributed by atoms with Crippen LogP contribution in [0.2, 0.25) is 0 Å². The van der Waals surface area contributed by atoms with Crippen molar-refractivity contribution in [3.8, 4) is 11.4 Å². The first kappa shape index (κ1) is 24.2. The number of anilines is 2. The molecule has 2 aromatic carbocycles. The second-order valence-electron chi connectivity index (χ2n) is 7.99. The molecule has 3 aromatic rings. The summed E-state index contributed by atoms with van der Waals surface area (Å²) >= 11 is 0.828. The largest absolute Gasteiger partial charge is 0.494 e. The molecule has 1 fully saturated rings. The van der Waals surface area contributed by atoms with Crippen LogP contribution in [0, 0.1) is 0 Å². The Hall–Kier alpha value is -3.98. The molecule has 3 amide bonds. The third kappa shape index (κ3) is 5.58. The summed E-state index contributed by atoms with van der Waals surface area (Å²) in [7, 11) is 3.95. The standard InChI is InChI=1S/C26H26N4O4S/c1-4-34-22-13-7-18(8-14-22)27-24(31)17-30-25(32)23(35-26(30)33)16-21-6-5-15-29(21)20-11-9-19(10-12-20)28(2)3/h5-16H,4,17H2,1-3H3,(H,27,31)/b23-16-. The van der Waals surface area contributed by atoms with Gasteiger partial charge in [0.15, 0.2) is 0 Å². The lowest BCUT2D eigenvalue weighted by atomic mass is 10.2. The summed E-state index contributed by atoms with van der Waals surface area (Å²) in [4.78, 5) is 41.2. The van der Waals surface area contributed by atoms with Crippen LogP contribution in [0.25, 0.3) is 11.8 Å². The van der Waals surface area contributed by atoms with Crippen molar-refractivity contribution in [1.82, 2.24) is 9.47 Å². The van der Waals surface area contributed by atoms with Crippen LogP contribution in [0.5, 0.6) is 5.75 Å². The molecule has 1 aliphatic rings. The second kappa shape index (κ2) is 10.5. The molecule has 0 atom stereocenters. The van der Waals surface area contributed by atoms with Crippen LogP contribution in [0.15, 0.2) is 71.8 Å². The highest BCUT2D eigenvalue weighted by Crippen LogP contribution is 2.32. The predicted octanol–water partition coefficient (Wildman–Crippen LogP) is 4.62. The summed E-state index contributed by atoms with van der Waals surface area (Å²) in [5, 5.41) is 2.23. The number of thioether (sulfide) groups is 1. The number of rotatable bonds is 8. The van der Waals surface area contributed by atoms with Crippen molar-refractivity contribution in [3.05, 3.63) is 77.5 Å². The Morgan fingerprint density at radius 3 is 2.43 bits per heavy atom. The maximum Gasteiger partial charge on any atom is 0.294 e. The Kier molecular flexibility index (Phi) is 7.26. The Bertz CT molecular complexity index is 1260. The smallest absolute Gasteiger partial charge is 0.294 e. The molecule has 1 saturated heterocycles. The number of hydrogen-bond acceptors (Lipinski definition) is 6. The number of imide groups is 1. The Morgan fingerprint density at radius 2 is 1.77 bits per heavy atom. The molecular formula is C26H26N4O4S.